The summed E-state index contributed by atoms with van der Waals surface area (Å²) in [5, 5.41) is 18.1. The van der Waals surface area contributed by atoms with E-state index in [1.807, 2.05) is 0 Å². The van der Waals surface area contributed by atoms with Crippen molar-refractivity contribution in [1.82, 2.24) is 9.55 Å². The maximum Gasteiger partial charge on any atom is 0.351 e. The Bertz CT molecular complexity index is 1180. The van der Waals surface area contributed by atoms with Gasteiger partial charge in [0.05, 0.1) is 12.2 Å². The van der Waals surface area contributed by atoms with E-state index in [1.54, 1.807) is 17.6 Å². The predicted molar refractivity (Wildman–Crippen MR) is 109 cm³/mol. The number of nitrogens with zero attached hydrogens (tertiary/aromatic N) is 2. The molecule has 13 nitrogen and oxygen atoms in total. The zero-order valence-corrected chi connectivity index (χ0v) is 17.4. The van der Waals surface area contributed by atoms with E-state index in [-0.39, 0.29) is 18.0 Å². The molecule has 34 heavy (non-hydrogen) atoms. The van der Waals surface area contributed by atoms with Crippen molar-refractivity contribution in [3.05, 3.63) is 70.3 Å². The number of rotatable bonds is 6. The summed E-state index contributed by atoms with van der Waals surface area (Å²) in [6.45, 7) is -0.580. The van der Waals surface area contributed by atoms with Crippen LogP contribution in [0.5, 0.6) is 0 Å². The van der Waals surface area contributed by atoms with Gasteiger partial charge in [0, 0.05) is 18.3 Å². The number of nitrogens with one attached hydrogen (secondary N) is 1. The van der Waals surface area contributed by atoms with Crippen LogP contribution < -0.4 is 11.2 Å². The van der Waals surface area contributed by atoms with Crippen LogP contribution in [0.25, 0.3) is 0 Å². The van der Waals surface area contributed by atoms with Crippen LogP contribution in [0.3, 0.4) is 0 Å². The fourth-order valence-corrected chi connectivity index (χ4v) is 3.47. The van der Waals surface area contributed by atoms with Gasteiger partial charge < -0.3 is 24.1 Å². The fourth-order valence-electron chi connectivity index (χ4n) is 3.47. The number of benzene rings is 1. The molecule has 3 heterocycles. The Hall–Kier alpha value is -4.07. The Kier molecular flexibility index (Phi) is 6.67. The zero-order chi connectivity index (χ0) is 24.2. The number of anilines is 1. The predicted octanol–water partition coefficient (Wildman–Crippen LogP) is -0.316. The first-order chi connectivity index (χ1) is 16.4. The lowest BCUT2D eigenvalue weighted by Crippen LogP contribution is -2.43. The van der Waals surface area contributed by atoms with E-state index in [0.717, 1.165) is 16.7 Å². The van der Waals surface area contributed by atoms with Crippen LogP contribution in [0.4, 0.5) is 5.82 Å². The van der Waals surface area contributed by atoms with Crippen LogP contribution in [0.1, 0.15) is 22.1 Å². The third-order valence-corrected chi connectivity index (χ3v) is 5.12. The fraction of sp³-hybridized carbons (Fsp3) is 0.286. The number of aliphatic hydroxyl groups excluding tert-OH is 1. The molecule has 2 aliphatic rings. The summed E-state index contributed by atoms with van der Waals surface area (Å²) in [5.41, 5.74) is 1.70. The molecule has 3 N–H and O–H groups in total. The van der Waals surface area contributed by atoms with Crippen molar-refractivity contribution in [2.24, 2.45) is 0 Å². The zero-order valence-electron chi connectivity index (χ0n) is 17.4. The Morgan fingerprint density at radius 1 is 1.06 bits per heavy atom. The standard InChI is InChI=1S/C21H19N3O10/c25-9-11-1-3-12(4-2-11)20(28)31-10-13-17-18(34-16(27)6-5-15(26)33-17)19(32-13)24-8-7-14(23-30)22-21(24)29/h1-8,13,17-19,25,30H,9-10H2,(H,22,23,29)/b6-5-/t13-,17?,18-,19-/m1/s1. The quantitative estimate of drug-likeness (QED) is 0.284. The number of hydrogen-bond donors (Lipinski definition) is 3. The lowest BCUT2D eigenvalue weighted by molar-refractivity contribution is -0.164. The largest absolute Gasteiger partial charge is 0.459 e. The van der Waals surface area contributed by atoms with E-state index >= 15 is 0 Å². The molecule has 0 radical (unpaired) electrons. The molecule has 13 heteroatoms. The third-order valence-electron chi connectivity index (χ3n) is 5.12. The molecule has 0 spiro atoms. The third kappa shape index (κ3) is 4.80. The Balaban J connectivity index is 1.58. The van der Waals surface area contributed by atoms with E-state index in [9.17, 15) is 19.2 Å². The molecule has 4 atom stereocenters. The van der Waals surface area contributed by atoms with Crippen molar-refractivity contribution in [1.29, 1.82) is 0 Å². The number of aromatic nitrogens is 2. The summed E-state index contributed by atoms with van der Waals surface area (Å²) in [5.74, 6) is -2.55. The molecule has 1 aromatic heterocycles. The highest BCUT2D eigenvalue weighted by molar-refractivity contribution is 5.92. The highest BCUT2D eigenvalue weighted by Crippen LogP contribution is 2.34. The Morgan fingerprint density at radius 2 is 1.74 bits per heavy atom. The number of esters is 3. The van der Waals surface area contributed by atoms with Crippen LogP contribution in [-0.2, 0) is 35.1 Å². The SMILES string of the molecule is O=C1/C=C\C(=O)O[C@@H]2C(O1)[C@@H](COC(=O)c1ccc(CO)cc1)O[C@H]2n1ccc(NO)nc1=O. The van der Waals surface area contributed by atoms with Gasteiger partial charge >= 0.3 is 23.6 Å². The molecule has 0 bridgehead atoms. The van der Waals surface area contributed by atoms with Crippen molar-refractivity contribution in [2.45, 2.75) is 31.1 Å². The molecule has 1 unspecified atom stereocenters. The summed E-state index contributed by atoms with van der Waals surface area (Å²) >= 11 is 0. The first-order valence-corrected chi connectivity index (χ1v) is 10.0. The molecular formula is C21H19N3O10. The molecule has 1 aromatic carbocycles. The highest BCUT2D eigenvalue weighted by Gasteiger charge is 2.51. The second-order valence-corrected chi connectivity index (χ2v) is 7.27. The normalized spacial score (nSPS) is 24.8. The minimum absolute atomic E-state index is 0.127. The van der Waals surface area contributed by atoms with E-state index < -0.39 is 54.7 Å². The van der Waals surface area contributed by atoms with Crippen molar-refractivity contribution >= 4 is 23.7 Å². The maximum atomic E-state index is 12.4. The molecular weight excluding hydrogens is 454 g/mol. The smallest absolute Gasteiger partial charge is 0.351 e. The lowest BCUT2D eigenvalue weighted by atomic mass is 10.1. The van der Waals surface area contributed by atoms with Gasteiger partial charge in [0.2, 0.25) is 0 Å². The van der Waals surface area contributed by atoms with Gasteiger partial charge in [-0.3, -0.25) is 15.3 Å². The van der Waals surface area contributed by atoms with Gasteiger partial charge in [-0.15, -0.1) is 0 Å². The average molecular weight is 473 g/mol. The monoisotopic (exact) mass is 473 g/mol. The molecule has 2 aliphatic heterocycles. The average Bonchev–Trinajstić information content (AvgIpc) is 3.15. The molecule has 1 saturated heterocycles. The van der Waals surface area contributed by atoms with Gasteiger partial charge in [0.25, 0.3) is 0 Å². The van der Waals surface area contributed by atoms with Crippen molar-refractivity contribution in [2.75, 3.05) is 12.1 Å². The number of hydrogen-bond acceptors (Lipinski definition) is 12. The van der Waals surface area contributed by atoms with E-state index in [4.69, 9.17) is 29.3 Å². The van der Waals surface area contributed by atoms with Gasteiger partial charge in [-0.2, -0.15) is 4.98 Å². The van der Waals surface area contributed by atoms with Gasteiger partial charge in [-0.1, -0.05) is 12.1 Å². The minimum Gasteiger partial charge on any atom is -0.459 e. The summed E-state index contributed by atoms with van der Waals surface area (Å²) in [6.07, 6.45) is -1.85. The first-order valence-electron chi connectivity index (χ1n) is 10.0. The summed E-state index contributed by atoms with van der Waals surface area (Å²) in [7, 11) is 0. The molecule has 4 rings (SSSR count). The number of carbonyl (C=O) groups excluding carboxylic acids is 3. The Labute approximate surface area is 191 Å². The van der Waals surface area contributed by atoms with Crippen molar-refractivity contribution in [3.63, 3.8) is 0 Å². The van der Waals surface area contributed by atoms with Crippen LogP contribution in [0, 0.1) is 0 Å². The van der Waals surface area contributed by atoms with E-state index in [2.05, 4.69) is 4.98 Å². The summed E-state index contributed by atoms with van der Waals surface area (Å²) in [4.78, 5) is 52.6. The van der Waals surface area contributed by atoms with Gasteiger partial charge in [-0.05, 0) is 23.8 Å². The number of ether oxygens (including phenoxy) is 4. The van der Waals surface area contributed by atoms with Gasteiger partial charge in [0.1, 0.15) is 12.7 Å². The van der Waals surface area contributed by atoms with Gasteiger partial charge in [0.15, 0.2) is 24.3 Å². The summed E-state index contributed by atoms with van der Waals surface area (Å²) in [6, 6.07) is 7.32. The van der Waals surface area contributed by atoms with Crippen LogP contribution in [0.15, 0.2) is 53.5 Å². The van der Waals surface area contributed by atoms with Crippen LogP contribution >= 0.6 is 0 Å². The summed E-state index contributed by atoms with van der Waals surface area (Å²) < 4.78 is 22.8. The van der Waals surface area contributed by atoms with Crippen LogP contribution in [-0.4, -0.2) is 62.7 Å². The number of carbonyl (C=O) groups is 3. The van der Waals surface area contributed by atoms with Crippen molar-refractivity contribution < 1.29 is 43.6 Å². The van der Waals surface area contributed by atoms with Crippen LogP contribution in [0.2, 0.25) is 0 Å². The lowest BCUT2D eigenvalue weighted by Gasteiger charge is -2.25. The molecule has 0 amide bonds. The molecule has 2 aromatic rings. The second kappa shape index (κ2) is 9.82. The molecule has 1 fully saturated rings. The second-order valence-electron chi connectivity index (χ2n) is 7.27. The van der Waals surface area contributed by atoms with Gasteiger partial charge in [-0.25, -0.2) is 19.2 Å². The molecule has 0 saturated carbocycles. The Morgan fingerprint density at radius 3 is 2.35 bits per heavy atom. The van der Waals surface area contributed by atoms with E-state index in [0.29, 0.717) is 5.56 Å². The molecule has 178 valence electrons. The minimum atomic E-state index is -1.27. The highest BCUT2D eigenvalue weighted by atomic mass is 16.7. The number of fused-ring (bicyclic) bond motifs is 1. The maximum absolute atomic E-state index is 12.4. The number of aliphatic hydroxyl groups is 1. The molecule has 0 aliphatic carbocycles. The van der Waals surface area contributed by atoms with E-state index in [1.165, 1.54) is 24.4 Å². The first kappa shape index (κ1) is 23.1. The topological polar surface area (TPSA) is 176 Å². The van der Waals surface area contributed by atoms with Crippen molar-refractivity contribution in [3.8, 4) is 0 Å².